The Balaban J connectivity index is 1.71. The summed E-state index contributed by atoms with van der Waals surface area (Å²) in [5, 5.41) is 5.20. The zero-order valence-corrected chi connectivity index (χ0v) is 14.7. The van der Waals surface area contributed by atoms with E-state index in [0.29, 0.717) is 16.9 Å². The average molecular weight is 383 g/mol. The second kappa shape index (κ2) is 8.26. The molecule has 142 valence electrons. The van der Waals surface area contributed by atoms with E-state index in [1.807, 2.05) is 0 Å². The largest absolute Gasteiger partial charge is 0.465 e. The van der Waals surface area contributed by atoms with Crippen molar-refractivity contribution >= 4 is 28.9 Å². The fraction of sp³-hybridized carbons (Fsp3) is 0.0500. The van der Waals surface area contributed by atoms with Crippen LogP contribution < -0.4 is 10.6 Å². The number of benzene rings is 2. The van der Waals surface area contributed by atoms with Crippen LogP contribution in [0, 0.1) is 11.6 Å². The molecule has 1 amide bonds. The number of esters is 1. The van der Waals surface area contributed by atoms with Crippen molar-refractivity contribution in [3.05, 3.63) is 83.7 Å². The number of halogens is 2. The number of rotatable bonds is 5. The van der Waals surface area contributed by atoms with Gasteiger partial charge >= 0.3 is 5.97 Å². The van der Waals surface area contributed by atoms with Crippen LogP contribution in [0.3, 0.4) is 0 Å². The molecule has 3 aromatic rings. The summed E-state index contributed by atoms with van der Waals surface area (Å²) in [6.07, 6.45) is 1.28. The second-order valence-electron chi connectivity index (χ2n) is 5.68. The van der Waals surface area contributed by atoms with Crippen molar-refractivity contribution in [2.75, 3.05) is 17.7 Å². The van der Waals surface area contributed by atoms with Gasteiger partial charge in [0.15, 0.2) is 0 Å². The molecule has 0 spiro atoms. The van der Waals surface area contributed by atoms with Gasteiger partial charge in [0.25, 0.3) is 5.91 Å². The van der Waals surface area contributed by atoms with Crippen molar-refractivity contribution in [3.63, 3.8) is 0 Å². The summed E-state index contributed by atoms with van der Waals surface area (Å²) in [5.74, 6) is -2.52. The number of carbonyl (C=O) groups excluding carboxylic acids is 2. The molecule has 0 aliphatic carbocycles. The lowest BCUT2D eigenvalue weighted by atomic mass is 10.2. The van der Waals surface area contributed by atoms with Crippen LogP contribution in [0.25, 0.3) is 0 Å². The van der Waals surface area contributed by atoms with E-state index >= 15 is 0 Å². The summed E-state index contributed by atoms with van der Waals surface area (Å²) in [6, 6.07) is 12.6. The predicted molar refractivity (Wildman–Crippen MR) is 99.6 cm³/mol. The summed E-state index contributed by atoms with van der Waals surface area (Å²) in [4.78, 5) is 27.9. The van der Waals surface area contributed by atoms with E-state index in [2.05, 4.69) is 20.4 Å². The van der Waals surface area contributed by atoms with Gasteiger partial charge in [-0.05, 0) is 42.5 Å². The van der Waals surface area contributed by atoms with E-state index in [4.69, 9.17) is 0 Å². The Morgan fingerprint density at radius 1 is 0.964 bits per heavy atom. The Labute approximate surface area is 159 Å². The quantitative estimate of drug-likeness (QED) is 0.647. The number of hydrogen-bond donors (Lipinski definition) is 2. The number of ether oxygens (including phenoxy) is 1. The highest BCUT2D eigenvalue weighted by Crippen LogP contribution is 2.23. The summed E-state index contributed by atoms with van der Waals surface area (Å²) in [7, 11) is 1.26. The number of anilines is 3. The lowest BCUT2D eigenvalue weighted by molar-refractivity contribution is 0.0600. The zero-order valence-electron chi connectivity index (χ0n) is 14.7. The molecule has 1 aromatic heterocycles. The first kappa shape index (κ1) is 19.0. The van der Waals surface area contributed by atoms with Crippen molar-refractivity contribution < 1.29 is 23.1 Å². The number of aromatic nitrogens is 1. The SMILES string of the molecule is COC(=O)c1cccc(NC(=O)c2ccc(Nc3c(F)cccc3F)cn2)c1. The minimum Gasteiger partial charge on any atom is -0.465 e. The number of carbonyl (C=O) groups is 2. The lowest BCUT2D eigenvalue weighted by Gasteiger charge is -2.09. The molecular formula is C20H15F2N3O3. The molecule has 1 heterocycles. The highest BCUT2D eigenvalue weighted by atomic mass is 19.1. The summed E-state index contributed by atoms with van der Waals surface area (Å²) >= 11 is 0. The number of pyridine rings is 1. The third kappa shape index (κ3) is 4.29. The van der Waals surface area contributed by atoms with Gasteiger partial charge in [-0.1, -0.05) is 12.1 Å². The smallest absolute Gasteiger partial charge is 0.337 e. The summed E-state index contributed by atoms with van der Waals surface area (Å²) in [5.41, 5.74) is 0.780. The molecule has 0 fully saturated rings. The normalized spacial score (nSPS) is 10.2. The zero-order chi connectivity index (χ0) is 20.1. The minimum absolute atomic E-state index is 0.0861. The fourth-order valence-corrected chi connectivity index (χ4v) is 2.40. The maximum absolute atomic E-state index is 13.7. The first-order valence-electron chi connectivity index (χ1n) is 8.15. The number of nitrogens with zero attached hydrogens (tertiary/aromatic N) is 1. The van der Waals surface area contributed by atoms with Gasteiger partial charge in [-0.25, -0.2) is 18.6 Å². The van der Waals surface area contributed by atoms with Gasteiger partial charge in [-0.3, -0.25) is 4.79 Å². The van der Waals surface area contributed by atoms with Gasteiger partial charge < -0.3 is 15.4 Å². The number of amides is 1. The van der Waals surface area contributed by atoms with Gasteiger partial charge in [0, 0.05) is 5.69 Å². The van der Waals surface area contributed by atoms with Crippen LogP contribution in [0.15, 0.2) is 60.8 Å². The molecule has 0 bridgehead atoms. The molecule has 8 heteroatoms. The monoisotopic (exact) mass is 383 g/mol. The molecule has 2 aromatic carbocycles. The van der Waals surface area contributed by atoms with Gasteiger partial charge in [-0.2, -0.15) is 0 Å². The number of methoxy groups -OCH3 is 1. The fourth-order valence-electron chi connectivity index (χ4n) is 2.40. The molecule has 28 heavy (non-hydrogen) atoms. The number of nitrogens with one attached hydrogen (secondary N) is 2. The third-order valence-electron chi connectivity index (χ3n) is 3.77. The first-order valence-corrected chi connectivity index (χ1v) is 8.15. The first-order chi connectivity index (χ1) is 13.5. The van der Waals surface area contributed by atoms with E-state index in [0.717, 1.165) is 12.1 Å². The van der Waals surface area contributed by atoms with Crippen molar-refractivity contribution in [1.82, 2.24) is 4.98 Å². The molecule has 0 radical (unpaired) electrons. The van der Waals surface area contributed by atoms with Gasteiger partial charge in [0.1, 0.15) is 23.0 Å². The topological polar surface area (TPSA) is 80.3 Å². The second-order valence-corrected chi connectivity index (χ2v) is 5.68. The third-order valence-corrected chi connectivity index (χ3v) is 3.77. The molecule has 0 saturated heterocycles. The molecule has 0 atom stereocenters. The highest BCUT2D eigenvalue weighted by molar-refractivity contribution is 6.03. The standard InChI is InChI=1S/C20H15F2N3O3/c1-28-20(27)12-4-2-5-13(10-12)25-19(26)17-9-8-14(11-23-17)24-18-15(21)6-3-7-16(18)22/h2-11,24H,1H3,(H,25,26). The Bertz CT molecular complexity index is 1000. The molecule has 3 rings (SSSR count). The van der Waals surface area contributed by atoms with Crippen LogP contribution in [-0.4, -0.2) is 24.0 Å². The molecule has 6 nitrogen and oxygen atoms in total. The van der Waals surface area contributed by atoms with Crippen LogP contribution in [-0.2, 0) is 4.74 Å². The van der Waals surface area contributed by atoms with Crippen LogP contribution in [0.5, 0.6) is 0 Å². The molecule has 0 aliphatic heterocycles. The van der Waals surface area contributed by atoms with Gasteiger partial charge in [0.05, 0.1) is 24.6 Å². The van der Waals surface area contributed by atoms with Crippen LogP contribution in [0.4, 0.5) is 25.8 Å². The number of para-hydroxylation sites is 1. The Hall–Kier alpha value is -3.81. The minimum atomic E-state index is -0.743. The highest BCUT2D eigenvalue weighted by Gasteiger charge is 2.12. The van der Waals surface area contributed by atoms with E-state index in [1.54, 1.807) is 18.2 Å². The summed E-state index contributed by atoms with van der Waals surface area (Å²) < 4.78 is 32.0. The van der Waals surface area contributed by atoms with Crippen LogP contribution in [0.2, 0.25) is 0 Å². The van der Waals surface area contributed by atoms with Crippen molar-refractivity contribution in [2.45, 2.75) is 0 Å². The maximum atomic E-state index is 13.7. The van der Waals surface area contributed by atoms with Crippen molar-refractivity contribution in [3.8, 4) is 0 Å². The van der Waals surface area contributed by atoms with E-state index < -0.39 is 23.5 Å². The van der Waals surface area contributed by atoms with E-state index in [9.17, 15) is 18.4 Å². The molecule has 0 unspecified atom stereocenters. The predicted octanol–water partition coefficient (Wildman–Crippen LogP) is 4.14. The Morgan fingerprint density at radius 3 is 2.32 bits per heavy atom. The van der Waals surface area contributed by atoms with E-state index in [1.165, 1.54) is 37.6 Å². The van der Waals surface area contributed by atoms with Gasteiger partial charge in [-0.15, -0.1) is 0 Å². The lowest BCUT2D eigenvalue weighted by Crippen LogP contribution is -2.14. The van der Waals surface area contributed by atoms with Crippen LogP contribution >= 0.6 is 0 Å². The average Bonchev–Trinajstić information content (AvgIpc) is 2.71. The van der Waals surface area contributed by atoms with E-state index in [-0.39, 0.29) is 11.4 Å². The Kier molecular flexibility index (Phi) is 5.59. The summed E-state index contributed by atoms with van der Waals surface area (Å²) in [6.45, 7) is 0. The van der Waals surface area contributed by atoms with Crippen LogP contribution in [0.1, 0.15) is 20.8 Å². The molecule has 0 saturated carbocycles. The molecule has 0 aliphatic rings. The van der Waals surface area contributed by atoms with Crippen molar-refractivity contribution in [1.29, 1.82) is 0 Å². The van der Waals surface area contributed by atoms with Crippen molar-refractivity contribution in [2.24, 2.45) is 0 Å². The maximum Gasteiger partial charge on any atom is 0.337 e. The number of hydrogen-bond acceptors (Lipinski definition) is 5. The molecular weight excluding hydrogens is 368 g/mol. The van der Waals surface area contributed by atoms with Gasteiger partial charge in [0.2, 0.25) is 0 Å². The Morgan fingerprint density at radius 2 is 1.68 bits per heavy atom. The molecule has 2 N–H and O–H groups in total.